The minimum Gasteiger partial charge on any atom is -0.345 e. The molecule has 1 amide bonds. The van der Waals surface area contributed by atoms with E-state index in [1.807, 2.05) is 25.8 Å². The molecule has 1 aromatic rings. The van der Waals surface area contributed by atoms with Gasteiger partial charge in [-0.3, -0.25) is 14.8 Å². The summed E-state index contributed by atoms with van der Waals surface area (Å²) in [5.41, 5.74) is 3.33. The molecule has 7 nitrogen and oxygen atoms in total. The average Bonchev–Trinajstić information content (AvgIpc) is 3.02. The average molecular weight is 356 g/mol. The smallest absolute Gasteiger partial charge is 0.236 e. The Morgan fingerprint density at radius 3 is 2.58 bits per heavy atom. The van der Waals surface area contributed by atoms with Crippen molar-refractivity contribution in [3.63, 3.8) is 0 Å². The summed E-state index contributed by atoms with van der Waals surface area (Å²) in [7, 11) is 0.712. The fraction of sp³-hybridized carbons (Fsp3) is 0.750. The molecule has 0 bridgehead atoms. The van der Waals surface area contributed by atoms with Crippen LogP contribution < -0.4 is 0 Å². The Morgan fingerprint density at radius 2 is 2.04 bits per heavy atom. The lowest BCUT2D eigenvalue weighted by molar-refractivity contribution is -0.131. The summed E-state index contributed by atoms with van der Waals surface area (Å²) in [6.07, 6.45) is 2.39. The molecule has 136 valence electrons. The molecular formula is C16H28N4O3S. The summed E-state index contributed by atoms with van der Waals surface area (Å²) in [4.78, 5) is 15.9. The van der Waals surface area contributed by atoms with Crippen molar-refractivity contribution < 1.29 is 13.2 Å². The molecule has 1 aliphatic heterocycles. The van der Waals surface area contributed by atoms with Crippen molar-refractivity contribution in [1.29, 1.82) is 0 Å². The number of hydrogen-bond donors (Lipinski definition) is 1. The summed E-state index contributed by atoms with van der Waals surface area (Å²) in [5, 5.41) is 7.16. The molecular weight excluding hydrogens is 328 g/mol. The van der Waals surface area contributed by atoms with Crippen LogP contribution in [0.3, 0.4) is 0 Å². The van der Waals surface area contributed by atoms with Crippen LogP contribution in [0.2, 0.25) is 0 Å². The Kier molecular flexibility index (Phi) is 6.03. The zero-order valence-corrected chi connectivity index (χ0v) is 15.8. The first-order chi connectivity index (χ1) is 11.2. The molecule has 24 heavy (non-hydrogen) atoms. The standard InChI is InChI=1S/C16H28N4O3S/c1-12-15(13(2)18-17-12)6-5-8-19(3)16(21)10-20(4)14-7-9-24(22,23)11-14/h14H,5-11H2,1-4H3,(H,17,18). The van der Waals surface area contributed by atoms with Crippen molar-refractivity contribution in [1.82, 2.24) is 20.0 Å². The Balaban J connectivity index is 1.76. The summed E-state index contributed by atoms with van der Waals surface area (Å²) < 4.78 is 23.1. The van der Waals surface area contributed by atoms with Crippen molar-refractivity contribution in [3.05, 3.63) is 17.0 Å². The number of H-pyrrole nitrogens is 1. The SMILES string of the molecule is Cc1n[nH]c(C)c1CCCN(C)C(=O)CN(C)C1CCS(=O)(=O)C1. The van der Waals surface area contributed by atoms with Crippen molar-refractivity contribution in [2.75, 3.05) is 38.7 Å². The van der Waals surface area contributed by atoms with Gasteiger partial charge in [-0.1, -0.05) is 0 Å². The fourth-order valence-corrected chi connectivity index (χ4v) is 4.95. The highest BCUT2D eigenvalue weighted by molar-refractivity contribution is 7.91. The number of likely N-dealkylation sites (N-methyl/N-ethyl adjacent to an activating group) is 2. The van der Waals surface area contributed by atoms with Gasteiger partial charge in [0.05, 0.1) is 23.7 Å². The van der Waals surface area contributed by atoms with E-state index in [9.17, 15) is 13.2 Å². The molecule has 1 atom stereocenters. The summed E-state index contributed by atoms with van der Waals surface area (Å²) >= 11 is 0. The highest BCUT2D eigenvalue weighted by atomic mass is 32.2. The topological polar surface area (TPSA) is 86.4 Å². The van der Waals surface area contributed by atoms with Gasteiger partial charge in [0.25, 0.3) is 0 Å². The van der Waals surface area contributed by atoms with Crippen LogP contribution in [-0.2, 0) is 21.1 Å². The van der Waals surface area contributed by atoms with Crippen LogP contribution in [-0.4, -0.2) is 79.1 Å². The molecule has 1 fully saturated rings. The van der Waals surface area contributed by atoms with Gasteiger partial charge in [0.2, 0.25) is 5.91 Å². The van der Waals surface area contributed by atoms with Crippen LogP contribution in [0.25, 0.3) is 0 Å². The van der Waals surface area contributed by atoms with Crippen LogP contribution in [0.15, 0.2) is 0 Å². The molecule has 8 heteroatoms. The first kappa shape index (κ1) is 18.9. The van der Waals surface area contributed by atoms with Crippen LogP contribution in [0.1, 0.15) is 29.8 Å². The predicted molar refractivity (Wildman–Crippen MR) is 93.7 cm³/mol. The molecule has 1 N–H and O–H groups in total. The third-order valence-electron chi connectivity index (χ3n) is 4.84. The normalized spacial score (nSPS) is 19.8. The maximum atomic E-state index is 12.3. The van der Waals surface area contributed by atoms with Crippen molar-refractivity contribution in [3.8, 4) is 0 Å². The van der Waals surface area contributed by atoms with E-state index in [0.29, 0.717) is 13.0 Å². The van der Waals surface area contributed by atoms with Crippen LogP contribution >= 0.6 is 0 Å². The lowest BCUT2D eigenvalue weighted by Crippen LogP contribution is -2.42. The molecule has 0 spiro atoms. The van der Waals surface area contributed by atoms with E-state index in [4.69, 9.17) is 0 Å². The zero-order valence-electron chi connectivity index (χ0n) is 15.0. The summed E-state index contributed by atoms with van der Waals surface area (Å²) in [6, 6.07) is -0.0384. The minimum atomic E-state index is -2.92. The third-order valence-corrected chi connectivity index (χ3v) is 6.59. The quantitative estimate of drug-likeness (QED) is 0.770. The van der Waals surface area contributed by atoms with E-state index in [0.717, 1.165) is 24.2 Å². The Morgan fingerprint density at radius 1 is 1.33 bits per heavy atom. The van der Waals surface area contributed by atoms with Crippen LogP contribution in [0.5, 0.6) is 0 Å². The number of hydrogen-bond acceptors (Lipinski definition) is 5. The number of aromatic nitrogens is 2. The van der Waals surface area contributed by atoms with Gasteiger partial charge in [-0.25, -0.2) is 8.42 Å². The fourth-order valence-electron chi connectivity index (χ4n) is 3.15. The van der Waals surface area contributed by atoms with E-state index in [1.165, 1.54) is 5.56 Å². The van der Waals surface area contributed by atoms with Crippen molar-refractivity contribution in [2.24, 2.45) is 0 Å². The van der Waals surface area contributed by atoms with E-state index in [1.54, 1.807) is 11.9 Å². The van der Waals surface area contributed by atoms with Gasteiger partial charge < -0.3 is 4.90 Å². The van der Waals surface area contributed by atoms with Gasteiger partial charge in [0.1, 0.15) is 0 Å². The number of sulfone groups is 1. The number of carbonyl (C=O) groups excluding carboxylic acids is 1. The number of rotatable bonds is 7. The molecule has 2 heterocycles. The molecule has 0 aliphatic carbocycles. The van der Waals surface area contributed by atoms with Gasteiger partial charge in [0, 0.05) is 25.3 Å². The van der Waals surface area contributed by atoms with Crippen molar-refractivity contribution in [2.45, 2.75) is 39.2 Å². The van der Waals surface area contributed by atoms with Gasteiger partial charge in [-0.15, -0.1) is 0 Å². The molecule has 1 saturated heterocycles. The Bertz CT molecular complexity index is 664. The van der Waals surface area contributed by atoms with Gasteiger partial charge in [-0.2, -0.15) is 5.10 Å². The lowest BCUT2D eigenvalue weighted by Gasteiger charge is -2.25. The number of nitrogens with one attached hydrogen (secondary N) is 1. The molecule has 1 unspecified atom stereocenters. The monoisotopic (exact) mass is 356 g/mol. The number of carbonyl (C=O) groups is 1. The number of aromatic amines is 1. The zero-order chi connectivity index (χ0) is 17.9. The Hall–Kier alpha value is -1.41. The van der Waals surface area contributed by atoms with Gasteiger partial charge in [-0.05, 0) is 45.7 Å². The van der Waals surface area contributed by atoms with Crippen LogP contribution in [0, 0.1) is 13.8 Å². The highest BCUT2D eigenvalue weighted by Gasteiger charge is 2.31. The minimum absolute atomic E-state index is 0.0300. The van der Waals surface area contributed by atoms with Crippen LogP contribution in [0.4, 0.5) is 0 Å². The summed E-state index contributed by atoms with van der Waals surface area (Å²) in [5.74, 6) is 0.428. The maximum Gasteiger partial charge on any atom is 0.236 e. The number of aryl methyl sites for hydroxylation is 2. The second kappa shape index (κ2) is 7.65. The van der Waals surface area contributed by atoms with Crippen molar-refractivity contribution >= 4 is 15.7 Å². The number of nitrogens with zero attached hydrogens (tertiary/aromatic N) is 3. The maximum absolute atomic E-state index is 12.3. The molecule has 2 rings (SSSR count). The first-order valence-electron chi connectivity index (χ1n) is 8.34. The second-order valence-corrected chi connectivity index (χ2v) is 9.03. The second-order valence-electron chi connectivity index (χ2n) is 6.80. The largest absolute Gasteiger partial charge is 0.345 e. The molecule has 0 aromatic carbocycles. The Labute approximate surface area is 144 Å². The van der Waals surface area contributed by atoms with E-state index < -0.39 is 9.84 Å². The third kappa shape index (κ3) is 4.80. The van der Waals surface area contributed by atoms with E-state index in [-0.39, 0.29) is 30.0 Å². The molecule has 1 aromatic heterocycles. The highest BCUT2D eigenvalue weighted by Crippen LogP contribution is 2.16. The van der Waals surface area contributed by atoms with Gasteiger partial charge >= 0.3 is 0 Å². The molecule has 0 saturated carbocycles. The lowest BCUT2D eigenvalue weighted by atomic mass is 10.1. The molecule has 0 radical (unpaired) electrons. The first-order valence-corrected chi connectivity index (χ1v) is 10.2. The molecule has 1 aliphatic rings. The number of amides is 1. The summed E-state index contributed by atoms with van der Waals surface area (Å²) in [6.45, 7) is 4.94. The van der Waals surface area contributed by atoms with Gasteiger partial charge in [0.15, 0.2) is 9.84 Å². The predicted octanol–water partition coefficient (Wildman–Crippen LogP) is 0.536. The van der Waals surface area contributed by atoms with E-state index in [2.05, 4.69) is 10.2 Å². The van der Waals surface area contributed by atoms with E-state index >= 15 is 0 Å².